The zero-order chi connectivity index (χ0) is 28.0. The van der Waals surface area contributed by atoms with Crippen molar-refractivity contribution in [3.05, 3.63) is 108 Å². The molecule has 3 aliphatic rings. The van der Waals surface area contributed by atoms with E-state index < -0.39 is 43.0 Å². The number of esters is 1. The van der Waals surface area contributed by atoms with E-state index in [0.717, 1.165) is 11.1 Å². The molecule has 8 atom stereocenters. The fraction of sp³-hybridized carbons (Fsp3) is 0.406. The lowest BCUT2D eigenvalue weighted by molar-refractivity contribution is -0.246. The summed E-state index contributed by atoms with van der Waals surface area (Å²) in [6.07, 6.45) is -3.82. The number of hydrogen-bond donors (Lipinski definition) is 0. The minimum Gasteiger partial charge on any atom is -0.459 e. The van der Waals surface area contributed by atoms with E-state index in [2.05, 4.69) is 0 Å². The lowest BCUT2D eigenvalue weighted by Crippen LogP contribution is -2.43. The number of rotatable bonds is 13. The summed E-state index contributed by atoms with van der Waals surface area (Å²) in [6.45, 7) is 1.17. The van der Waals surface area contributed by atoms with Gasteiger partial charge < -0.3 is 37.9 Å². The first kappa shape index (κ1) is 28.0. The van der Waals surface area contributed by atoms with Crippen LogP contribution >= 0.6 is 0 Å². The fourth-order valence-electron chi connectivity index (χ4n) is 5.19. The highest BCUT2D eigenvalue weighted by Gasteiger charge is 2.61. The summed E-state index contributed by atoms with van der Waals surface area (Å²) in [5.41, 5.74) is 2.58. The maximum atomic E-state index is 12.4. The van der Waals surface area contributed by atoms with E-state index in [4.69, 9.17) is 37.9 Å². The molecule has 3 saturated heterocycles. The lowest BCUT2D eigenvalue weighted by Gasteiger charge is -2.27. The van der Waals surface area contributed by atoms with E-state index >= 15 is 0 Å². The second kappa shape index (κ2) is 13.2. The molecule has 0 spiro atoms. The number of hydrogen-bond acceptors (Lipinski definition) is 9. The maximum Gasteiger partial charge on any atom is 0.338 e. The van der Waals surface area contributed by atoms with Crippen LogP contribution < -0.4 is 0 Å². The van der Waals surface area contributed by atoms with Gasteiger partial charge in [-0.15, -0.1) is 0 Å². The molecule has 9 heteroatoms. The Morgan fingerprint density at radius 1 is 0.683 bits per heavy atom. The first-order chi connectivity index (χ1) is 20.2. The van der Waals surface area contributed by atoms with Crippen molar-refractivity contribution in [2.75, 3.05) is 20.3 Å². The molecule has 0 amide bonds. The number of carbonyl (C=O) groups excluding carboxylic acids is 1. The third-order valence-electron chi connectivity index (χ3n) is 7.36. The second-order valence-corrected chi connectivity index (χ2v) is 10.2. The van der Waals surface area contributed by atoms with Crippen LogP contribution in [0.2, 0.25) is 0 Å². The van der Waals surface area contributed by atoms with Crippen molar-refractivity contribution < 1.29 is 42.7 Å². The van der Waals surface area contributed by atoms with Gasteiger partial charge >= 0.3 is 5.97 Å². The van der Waals surface area contributed by atoms with Crippen LogP contribution in [0, 0.1) is 0 Å². The van der Waals surface area contributed by atoms with Crippen LogP contribution in [0.15, 0.2) is 91.0 Å². The van der Waals surface area contributed by atoms with E-state index in [1.807, 2.05) is 66.7 Å². The Hall–Kier alpha value is -3.15. The monoisotopic (exact) mass is 562 g/mol. The summed E-state index contributed by atoms with van der Waals surface area (Å²) in [7, 11) is 1.57. The minimum absolute atomic E-state index is 0.0630. The molecule has 3 aromatic carbocycles. The molecule has 41 heavy (non-hydrogen) atoms. The van der Waals surface area contributed by atoms with Gasteiger partial charge in [0.15, 0.2) is 12.6 Å². The molecule has 0 unspecified atom stereocenters. The van der Waals surface area contributed by atoms with Crippen molar-refractivity contribution >= 4 is 5.97 Å². The highest BCUT2D eigenvalue weighted by Crippen LogP contribution is 2.42. The first-order valence-electron chi connectivity index (χ1n) is 13.8. The Balaban J connectivity index is 1.09. The molecule has 6 rings (SSSR count). The maximum absolute atomic E-state index is 12.4. The fourth-order valence-corrected chi connectivity index (χ4v) is 5.19. The summed E-state index contributed by atoms with van der Waals surface area (Å²) in [6, 6.07) is 28.7. The van der Waals surface area contributed by atoms with E-state index in [1.165, 1.54) is 0 Å². The van der Waals surface area contributed by atoms with Gasteiger partial charge in [-0.25, -0.2) is 4.79 Å². The molecule has 3 heterocycles. The van der Waals surface area contributed by atoms with Gasteiger partial charge in [0.25, 0.3) is 0 Å². The number of ether oxygens (including phenoxy) is 8. The van der Waals surface area contributed by atoms with Crippen molar-refractivity contribution in [1.29, 1.82) is 0 Å². The van der Waals surface area contributed by atoms with Gasteiger partial charge in [0.1, 0.15) is 43.2 Å². The molecule has 216 valence electrons. The molecular weight excluding hydrogens is 528 g/mol. The van der Waals surface area contributed by atoms with E-state index in [0.29, 0.717) is 25.4 Å². The Morgan fingerprint density at radius 2 is 1.32 bits per heavy atom. The van der Waals surface area contributed by atoms with Gasteiger partial charge in [0.2, 0.25) is 0 Å². The van der Waals surface area contributed by atoms with Crippen molar-refractivity contribution in [3.63, 3.8) is 0 Å². The van der Waals surface area contributed by atoms with E-state index in [-0.39, 0.29) is 18.8 Å². The highest BCUT2D eigenvalue weighted by atomic mass is 16.8. The number of fused-ring (bicyclic) bond motifs is 1. The highest BCUT2D eigenvalue weighted by molar-refractivity contribution is 5.89. The molecule has 0 N–H and O–H groups in total. The number of methoxy groups -OCH3 is 1. The first-order valence-corrected chi connectivity index (χ1v) is 13.8. The van der Waals surface area contributed by atoms with Gasteiger partial charge in [-0.3, -0.25) is 0 Å². The average molecular weight is 563 g/mol. The van der Waals surface area contributed by atoms with Crippen molar-refractivity contribution in [2.45, 2.75) is 62.4 Å². The van der Waals surface area contributed by atoms with Crippen molar-refractivity contribution in [1.82, 2.24) is 0 Å². The molecule has 0 radical (unpaired) electrons. The molecule has 3 fully saturated rings. The summed E-state index contributed by atoms with van der Waals surface area (Å²) < 4.78 is 48.1. The van der Waals surface area contributed by atoms with Gasteiger partial charge in [0.05, 0.1) is 25.4 Å². The van der Waals surface area contributed by atoms with Crippen molar-refractivity contribution in [3.8, 4) is 0 Å². The summed E-state index contributed by atoms with van der Waals surface area (Å²) in [5, 5.41) is 0. The summed E-state index contributed by atoms with van der Waals surface area (Å²) in [4.78, 5) is 12.4. The molecule has 0 saturated carbocycles. The normalized spacial score (nSPS) is 30.2. The Labute approximate surface area is 239 Å². The Bertz CT molecular complexity index is 1240. The predicted molar refractivity (Wildman–Crippen MR) is 146 cm³/mol. The van der Waals surface area contributed by atoms with Crippen LogP contribution in [0.25, 0.3) is 0 Å². The molecule has 3 aromatic rings. The Morgan fingerprint density at radius 3 is 2.00 bits per heavy atom. The third kappa shape index (κ3) is 6.85. The SMILES string of the molecule is CO[C@H]1O[C@H](COCc2ccccc2)[C@@H](OCc2ccccc2)[C@@H]1O[C@@H]1O[C@H](COC(=O)c2ccccc2)[C@@H]2O[C@H]12. The number of benzene rings is 3. The zero-order valence-electron chi connectivity index (χ0n) is 22.8. The lowest BCUT2D eigenvalue weighted by atomic mass is 10.1. The number of carbonyl (C=O) groups is 1. The van der Waals surface area contributed by atoms with E-state index in [1.54, 1.807) is 31.4 Å². The molecule has 9 nitrogen and oxygen atoms in total. The van der Waals surface area contributed by atoms with Crippen LogP contribution in [0.4, 0.5) is 0 Å². The topological polar surface area (TPSA) is 94.2 Å². The molecular formula is C32H34O9. The third-order valence-corrected chi connectivity index (χ3v) is 7.36. The predicted octanol–water partition coefficient (Wildman–Crippen LogP) is 3.89. The number of epoxide rings is 1. The molecule has 0 aromatic heterocycles. The standard InChI is InChI=1S/C32H34O9/c1-34-31-28(41-32-29-27(40-29)25(39-32)20-37-30(33)23-15-9-4-10-16-23)26(36-18-22-13-7-3-8-14-22)24(38-31)19-35-17-21-11-5-2-6-12-21/h2-16,24-29,31-32H,17-20H2,1H3/t24-,25-,26-,27+,28+,29+,31+,32+/m1/s1. The van der Waals surface area contributed by atoms with Gasteiger partial charge in [-0.05, 0) is 23.3 Å². The summed E-state index contributed by atoms with van der Waals surface area (Å²) >= 11 is 0. The summed E-state index contributed by atoms with van der Waals surface area (Å²) in [5.74, 6) is -0.410. The van der Waals surface area contributed by atoms with Gasteiger partial charge in [-0.1, -0.05) is 78.9 Å². The van der Waals surface area contributed by atoms with Gasteiger partial charge in [-0.2, -0.15) is 0 Å². The van der Waals surface area contributed by atoms with Crippen LogP contribution in [0.3, 0.4) is 0 Å². The Kier molecular flexibility index (Phi) is 9.03. The van der Waals surface area contributed by atoms with Crippen LogP contribution in [0.1, 0.15) is 21.5 Å². The minimum atomic E-state index is -0.697. The average Bonchev–Trinajstić information content (AvgIpc) is 3.66. The smallest absolute Gasteiger partial charge is 0.338 e. The van der Waals surface area contributed by atoms with Crippen LogP contribution in [0.5, 0.6) is 0 Å². The van der Waals surface area contributed by atoms with Crippen LogP contribution in [-0.2, 0) is 51.1 Å². The quantitative estimate of drug-likeness (QED) is 0.227. The molecule has 3 aliphatic heterocycles. The van der Waals surface area contributed by atoms with Crippen LogP contribution in [-0.4, -0.2) is 75.5 Å². The molecule has 0 aliphatic carbocycles. The molecule has 0 bridgehead atoms. The zero-order valence-corrected chi connectivity index (χ0v) is 22.8. The largest absolute Gasteiger partial charge is 0.459 e. The van der Waals surface area contributed by atoms with Crippen molar-refractivity contribution in [2.24, 2.45) is 0 Å². The van der Waals surface area contributed by atoms with E-state index in [9.17, 15) is 4.79 Å². The van der Waals surface area contributed by atoms with Gasteiger partial charge in [0, 0.05) is 7.11 Å². The second-order valence-electron chi connectivity index (χ2n) is 10.2.